The van der Waals surface area contributed by atoms with Crippen LogP contribution in [0.1, 0.15) is 16.7 Å². The van der Waals surface area contributed by atoms with Gasteiger partial charge in [0.1, 0.15) is 35.9 Å². The normalized spacial score (nSPS) is 21.4. The molecule has 0 radical (unpaired) electrons. The summed E-state index contributed by atoms with van der Waals surface area (Å²) in [5, 5.41) is 0. The van der Waals surface area contributed by atoms with Crippen molar-refractivity contribution in [1.82, 2.24) is 0 Å². The van der Waals surface area contributed by atoms with Crippen LogP contribution in [-0.2, 0) is 43.5 Å². The molecule has 1 heterocycles. The maximum absolute atomic E-state index is 6.66. The van der Waals surface area contributed by atoms with Crippen LogP contribution >= 0.6 is 0 Å². The molecule has 7 heteroatoms. The summed E-state index contributed by atoms with van der Waals surface area (Å²) in [7, 11) is 1.63. The number of ether oxygens (including phenoxy) is 7. The Morgan fingerprint density at radius 2 is 1.14 bits per heavy atom. The Morgan fingerprint density at radius 3 is 1.68 bits per heavy atom. The van der Waals surface area contributed by atoms with Crippen molar-refractivity contribution in [2.45, 2.75) is 50.5 Å². The number of rotatable bonds is 16. The highest BCUT2D eigenvalue weighted by atomic mass is 16.7. The monoisotopic (exact) mass is 596 g/mol. The Kier molecular flexibility index (Phi) is 12.0. The molecule has 4 aromatic carbocycles. The third kappa shape index (κ3) is 9.02. The summed E-state index contributed by atoms with van der Waals surface area (Å²) in [6, 6.07) is 37.4. The minimum absolute atomic E-state index is 0.260. The van der Waals surface area contributed by atoms with Crippen molar-refractivity contribution in [2.75, 3.05) is 20.3 Å². The van der Waals surface area contributed by atoms with E-state index in [1.54, 1.807) is 13.2 Å². The third-order valence-electron chi connectivity index (χ3n) is 7.27. The molecule has 1 aliphatic heterocycles. The zero-order chi connectivity index (χ0) is 30.4. The number of methoxy groups -OCH3 is 1. The highest BCUT2D eigenvalue weighted by Crippen LogP contribution is 2.32. The molecule has 0 saturated carbocycles. The molecule has 7 nitrogen and oxygen atoms in total. The van der Waals surface area contributed by atoms with Crippen LogP contribution in [0.3, 0.4) is 0 Å². The second kappa shape index (κ2) is 16.8. The van der Waals surface area contributed by atoms with Crippen molar-refractivity contribution in [1.29, 1.82) is 0 Å². The van der Waals surface area contributed by atoms with Crippen LogP contribution in [0.15, 0.2) is 128 Å². The van der Waals surface area contributed by atoms with E-state index in [-0.39, 0.29) is 6.61 Å². The van der Waals surface area contributed by atoms with Gasteiger partial charge in [-0.25, -0.2) is 0 Å². The van der Waals surface area contributed by atoms with Gasteiger partial charge in [0, 0.05) is 0 Å². The van der Waals surface area contributed by atoms with E-state index in [1.807, 2.05) is 115 Å². The molecular formula is C37H40O7. The Labute approximate surface area is 259 Å². The number of benzene rings is 4. The standard InChI is InChI=1S/C37H40O7/c1-3-23-40-35-34(41-25-29-15-9-5-10-16-29)33(27-39-24-28-13-7-4-8-14-28)44-37(43-32-21-19-31(38-2)20-22-32)36(35)42-26-30-17-11-6-12-18-30/h3-22,33-37H,1,23-27H2,2H3/t33-,34-,35+,36-,37-/m1/s1. The molecule has 0 aromatic heterocycles. The summed E-state index contributed by atoms with van der Waals surface area (Å²) >= 11 is 0. The van der Waals surface area contributed by atoms with Crippen LogP contribution in [-0.4, -0.2) is 51.0 Å². The van der Waals surface area contributed by atoms with Gasteiger partial charge in [-0.2, -0.15) is 0 Å². The van der Waals surface area contributed by atoms with Crippen molar-refractivity contribution in [3.05, 3.63) is 145 Å². The van der Waals surface area contributed by atoms with E-state index in [0.717, 1.165) is 22.4 Å². The zero-order valence-electron chi connectivity index (χ0n) is 25.0. The Hall–Kier alpha value is -3.98. The lowest BCUT2D eigenvalue weighted by Gasteiger charge is -2.45. The van der Waals surface area contributed by atoms with Crippen molar-refractivity contribution in [3.8, 4) is 11.5 Å². The molecule has 0 N–H and O–H groups in total. The smallest absolute Gasteiger partial charge is 0.229 e. The molecule has 0 spiro atoms. The second-order valence-electron chi connectivity index (χ2n) is 10.4. The first-order valence-electron chi connectivity index (χ1n) is 14.8. The van der Waals surface area contributed by atoms with Gasteiger partial charge in [-0.15, -0.1) is 6.58 Å². The van der Waals surface area contributed by atoms with Crippen LogP contribution in [0.4, 0.5) is 0 Å². The first kappa shape index (κ1) is 31.4. The molecule has 0 bridgehead atoms. The maximum atomic E-state index is 6.66. The second-order valence-corrected chi connectivity index (χ2v) is 10.4. The molecule has 0 amide bonds. The van der Waals surface area contributed by atoms with Crippen LogP contribution in [0.2, 0.25) is 0 Å². The SMILES string of the molecule is C=CCO[C@@H]1[C@@H](OCc2ccccc2)[C@H](Oc2ccc(OC)cc2)O[C@H](COCc2ccccc2)[C@H]1OCc1ccccc1. The van der Waals surface area contributed by atoms with Gasteiger partial charge in [0.15, 0.2) is 0 Å². The lowest BCUT2D eigenvalue weighted by Crippen LogP contribution is -2.62. The average Bonchev–Trinajstić information content (AvgIpc) is 3.08. The van der Waals surface area contributed by atoms with E-state index in [4.69, 9.17) is 33.2 Å². The van der Waals surface area contributed by atoms with Crippen molar-refractivity contribution in [3.63, 3.8) is 0 Å². The molecular weight excluding hydrogens is 556 g/mol. The molecule has 1 saturated heterocycles. The first-order valence-corrected chi connectivity index (χ1v) is 14.8. The van der Waals surface area contributed by atoms with Gasteiger partial charge in [0.2, 0.25) is 6.29 Å². The minimum Gasteiger partial charge on any atom is -0.497 e. The molecule has 5 atom stereocenters. The number of hydrogen-bond donors (Lipinski definition) is 0. The third-order valence-corrected chi connectivity index (χ3v) is 7.27. The van der Waals surface area contributed by atoms with E-state index in [1.165, 1.54) is 0 Å². The van der Waals surface area contributed by atoms with Crippen LogP contribution in [0, 0.1) is 0 Å². The molecule has 1 aliphatic rings. The van der Waals surface area contributed by atoms with Gasteiger partial charge in [-0.05, 0) is 41.0 Å². The van der Waals surface area contributed by atoms with Gasteiger partial charge in [0.05, 0.1) is 40.1 Å². The minimum atomic E-state index is -0.816. The summed E-state index contributed by atoms with van der Waals surface area (Å²) in [4.78, 5) is 0. The fourth-order valence-electron chi connectivity index (χ4n) is 5.04. The first-order chi connectivity index (χ1) is 21.7. The van der Waals surface area contributed by atoms with Gasteiger partial charge in [-0.1, -0.05) is 97.1 Å². The van der Waals surface area contributed by atoms with Gasteiger partial charge < -0.3 is 33.2 Å². The molecule has 0 unspecified atom stereocenters. The molecule has 0 aliphatic carbocycles. The highest BCUT2D eigenvalue weighted by Gasteiger charge is 2.49. The molecule has 230 valence electrons. The summed E-state index contributed by atoms with van der Waals surface area (Å²) in [5.74, 6) is 1.34. The lowest BCUT2D eigenvalue weighted by molar-refractivity contribution is -0.307. The maximum Gasteiger partial charge on any atom is 0.229 e. The predicted octanol–water partition coefficient (Wildman–Crippen LogP) is 6.76. The zero-order valence-corrected chi connectivity index (χ0v) is 25.0. The van der Waals surface area contributed by atoms with E-state index in [2.05, 4.69) is 6.58 Å². The molecule has 44 heavy (non-hydrogen) atoms. The Morgan fingerprint density at radius 1 is 0.614 bits per heavy atom. The van der Waals surface area contributed by atoms with E-state index in [0.29, 0.717) is 32.2 Å². The molecule has 5 rings (SSSR count). The Balaban J connectivity index is 1.43. The Bertz CT molecular complexity index is 1370. The van der Waals surface area contributed by atoms with Crippen LogP contribution in [0.25, 0.3) is 0 Å². The summed E-state index contributed by atoms with van der Waals surface area (Å²) in [6.07, 6.45) is -1.33. The van der Waals surface area contributed by atoms with Gasteiger partial charge in [0.25, 0.3) is 0 Å². The van der Waals surface area contributed by atoms with Crippen molar-refractivity contribution in [2.24, 2.45) is 0 Å². The van der Waals surface area contributed by atoms with E-state index in [9.17, 15) is 0 Å². The van der Waals surface area contributed by atoms with Crippen molar-refractivity contribution < 1.29 is 33.2 Å². The average molecular weight is 597 g/mol. The molecule has 4 aromatic rings. The van der Waals surface area contributed by atoms with Gasteiger partial charge in [-0.3, -0.25) is 0 Å². The number of hydrogen-bond acceptors (Lipinski definition) is 7. The van der Waals surface area contributed by atoms with Gasteiger partial charge >= 0.3 is 0 Å². The predicted molar refractivity (Wildman–Crippen MR) is 168 cm³/mol. The summed E-state index contributed by atoms with van der Waals surface area (Å²) in [6.45, 7) is 5.58. The van der Waals surface area contributed by atoms with Crippen LogP contribution in [0.5, 0.6) is 11.5 Å². The summed E-state index contributed by atoms with van der Waals surface area (Å²) < 4.78 is 44.2. The van der Waals surface area contributed by atoms with E-state index < -0.39 is 30.7 Å². The fraction of sp³-hybridized carbons (Fsp3) is 0.297. The van der Waals surface area contributed by atoms with E-state index >= 15 is 0 Å². The lowest BCUT2D eigenvalue weighted by atomic mass is 9.98. The topological polar surface area (TPSA) is 64.6 Å². The highest BCUT2D eigenvalue weighted by molar-refractivity contribution is 5.31. The fourth-order valence-corrected chi connectivity index (χ4v) is 5.04. The molecule has 1 fully saturated rings. The van der Waals surface area contributed by atoms with Crippen LogP contribution < -0.4 is 9.47 Å². The largest absolute Gasteiger partial charge is 0.497 e. The van der Waals surface area contributed by atoms with Crippen molar-refractivity contribution >= 4 is 0 Å². The summed E-state index contributed by atoms with van der Waals surface area (Å²) in [5.41, 5.74) is 3.13. The quantitative estimate of drug-likeness (QED) is 0.133.